The Morgan fingerprint density at radius 1 is 1.21 bits per heavy atom. The molecule has 1 aliphatic rings. The Hall–Kier alpha value is -1.26. The Labute approximate surface area is 114 Å². The quantitative estimate of drug-likeness (QED) is 0.791. The van der Waals surface area contributed by atoms with Crippen molar-refractivity contribution in [3.8, 4) is 11.5 Å². The maximum atomic E-state index is 9.41. The van der Waals surface area contributed by atoms with E-state index in [1.807, 2.05) is 18.2 Å². The molecule has 106 valence electrons. The number of aliphatic hydroxyl groups is 1. The molecule has 0 radical (unpaired) electrons. The molecule has 2 N–H and O–H groups in total. The van der Waals surface area contributed by atoms with Gasteiger partial charge in [-0.15, -0.1) is 0 Å². The number of benzene rings is 1. The summed E-state index contributed by atoms with van der Waals surface area (Å²) in [7, 11) is 3.28. The van der Waals surface area contributed by atoms with E-state index in [1.54, 1.807) is 14.2 Å². The largest absolute Gasteiger partial charge is 0.493 e. The average molecular weight is 265 g/mol. The lowest BCUT2D eigenvalue weighted by molar-refractivity contribution is 0.0445. The Bertz CT molecular complexity index is 410. The fourth-order valence-electron chi connectivity index (χ4n) is 2.53. The van der Waals surface area contributed by atoms with E-state index in [0.29, 0.717) is 0 Å². The molecular weight excluding hydrogens is 242 g/mol. The highest BCUT2D eigenvalue weighted by Crippen LogP contribution is 2.39. The minimum atomic E-state index is 0.122. The van der Waals surface area contributed by atoms with E-state index in [2.05, 4.69) is 5.32 Å². The van der Waals surface area contributed by atoms with Crippen LogP contribution in [0, 0.1) is 5.41 Å². The van der Waals surface area contributed by atoms with Crippen LogP contribution in [0.5, 0.6) is 11.5 Å². The van der Waals surface area contributed by atoms with E-state index < -0.39 is 0 Å². The van der Waals surface area contributed by atoms with Crippen LogP contribution in [0.3, 0.4) is 0 Å². The highest BCUT2D eigenvalue weighted by Gasteiger charge is 2.35. The fraction of sp³-hybridized carbons (Fsp3) is 0.600. The van der Waals surface area contributed by atoms with Crippen LogP contribution in [0.2, 0.25) is 0 Å². The molecule has 19 heavy (non-hydrogen) atoms. The van der Waals surface area contributed by atoms with E-state index in [4.69, 9.17) is 9.47 Å². The van der Waals surface area contributed by atoms with Crippen molar-refractivity contribution < 1.29 is 14.6 Å². The standard InChI is InChI=1S/C15H23NO3/c1-18-13-5-4-12(8-14(13)19-2)9-16-10-15(11-17)6-3-7-15/h4-5,8,16-17H,3,6-7,9-11H2,1-2H3. The minimum Gasteiger partial charge on any atom is -0.493 e. The van der Waals surface area contributed by atoms with Gasteiger partial charge in [-0.25, -0.2) is 0 Å². The average Bonchev–Trinajstić information content (AvgIpc) is 2.41. The first-order chi connectivity index (χ1) is 9.23. The molecule has 2 rings (SSSR count). The normalized spacial score (nSPS) is 16.8. The van der Waals surface area contributed by atoms with Crippen LogP contribution in [0.25, 0.3) is 0 Å². The summed E-state index contributed by atoms with van der Waals surface area (Å²) in [5, 5.41) is 12.8. The molecule has 0 saturated heterocycles. The van der Waals surface area contributed by atoms with Crippen molar-refractivity contribution >= 4 is 0 Å². The van der Waals surface area contributed by atoms with Gasteiger partial charge in [0, 0.05) is 25.1 Å². The Morgan fingerprint density at radius 3 is 2.47 bits per heavy atom. The zero-order chi connectivity index (χ0) is 13.7. The number of hydrogen-bond acceptors (Lipinski definition) is 4. The predicted octanol–water partition coefficient (Wildman–Crippen LogP) is 1.96. The molecule has 1 fully saturated rings. The fourth-order valence-corrected chi connectivity index (χ4v) is 2.53. The molecule has 0 heterocycles. The number of aliphatic hydroxyl groups excluding tert-OH is 1. The second kappa shape index (κ2) is 6.26. The van der Waals surface area contributed by atoms with Crippen LogP contribution in [0.1, 0.15) is 24.8 Å². The monoisotopic (exact) mass is 265 g/mol. The summed E-state index contributed by atoms with van der Waals surface area (Å²) in [6.07, 6.45) is 3.49. The minimum absolute atomic E-state index is 0.122. The first-order valence-electron chi connectivity index (χ1n) is 6.75. The van der Waals surface area contributed by atoms with E-state index in [9.17, 15) is 5.11 Å². The highest BCUT2D eigenvalue weighted by atomic mass is 16.5. The number of methoxy groups -OCH3 is 2. The summed E-state index contributed by atoms with van der Waals surface area (Å²) in [6, 6.07) is 5.93. The van der Waals surface area contributed by atoms with Gasteiger partial charge in [0.05, 0.1) is 14.2 Å². The maximum absolute atomic E-state index is 9.41. The summed E-state index contributed by atoms with van der Waals surface area (Å²) in [5.41, 5.74) is 1.28. The summed E-state index contributed by atoms with van der Waals surface area (Å²) < 4.78 is 10.5. The summed E-state index contributed by atoms with van der Waals surface area (Å²) >= 11 is 0. The number of hydrogen-bond donors (Lipinski definition) is 2. The summed E-state index contributed by atoms with van der Waals surface area (Å²) in [6.45, 7) is 1.94. The molecule has 0 aromatic heterocycles. The molecule has 0 aliphatic heterocycles. The third-order valence-corrected chi connectivity index (χ3v) is 4.03. The van der Waals surface area contributed by atoms with Crippen LogP contribution in [-0.4, -0.2) is 32.5 Å². The first-order valence-corrected chi connectivity index (χ1v) is 6.75. The van der Waals surface area contributed by atoms with Gasteiger partial charge in [0.25, 0.3) is 0 Å². The Balaban J connectivity index is 1.89. The van der Waals surface area contributed by atoms with E-state index in [1.165, 1.54) is 6.42 Å². The van der Waals surface area contributed by atoms with Crippen molar-refractivity contribution in [1.82, 2.24) is 5.32 Å². The third-order valence-electron chi connectivity index (χ3n) is 4.03. The molecule has 1 aliphatic carbocycles. The van der Waals surface area contributed by atoms with Crippen LogP contribution in [-0.2, 0) is 6.54 Å². The zero-order valence-corrected chi connectivity index (χ0v) is 11.7. The Kier molecular flexibility index (Phi) is 4.66. The van der Waals surface area contributed by atoms with Gasteiger partial charge >= 0.3 is 0 Å². The van der Waals surface area contributed by atoms with Crippen LogP contribution >= 0.6 is 0 Å². The van der Waals surface area contributed by atoms with Gasteiger partial charge in [-0.3, -0.25) is 0 Å². The molecule has 0 amide bonds. The van der Waals surface area contributed by atoms with Crippen molar-refractivity contribution in [1.29, 1.82) is 0 Å². The van der Waals surface area contributed by atoms with E-state index in [-0.39, 0.29) is 12.0 Å². The predicted molar refractivity (Wildman–Crippen MR) is 74.6 cm³/mol. The van der Waals surface area contributed by atoms with Crippen molar-refractivity contribution in [2.24, 2.45) is 5.41 Å². The molecule has 0 bridgehead atoms. The topological polar surface area (TPSA) is 50.7 Å². The molecule has 0 spiro atoms. The summed E-state index contributed by atoms with van der Waals surface area (Å²) in [4.78, 5) is 0. The lowest BCUT2D eigenvalue weighted by Crippen LogP contribution is -2.42. The van der Waals surface area contributed by atoms with Crippen LogP contribution in [0.15, 0.2) is 18.2 Å². The van der Waals surface area contributed by atoms with Gasteiger partial charge in [0.1, 0.15) is 0 Å². The molecule has 4 nitrogen and oxygen atoms in total. The second-order valence-corrected chi connectivity index (χ2v) is 5.30. The van der Waals surface area contributed by atoms with Gasteiger partial charge in [-0.1, -0.05) is 12.5 Å². The molecule has 1 aromatic rings. The lowest BCUT2D eigenvalue weighted by atomic mass is 9.69. The van der Waals surface area contributed by atoms with Crippen molar-refractivity contribution in [3.05, 3.63) is 23.8 Å². The van der Waals surface area contributed by atoms with Crippen LogP contribution in [0.4, 0.5) is 0 Å². The van der Waals surface area contributed by atoms with Gasteiger partial charge in [0.2, 0.25) is 0 Å². The SMILES string of the molecule is COc1ccc(CNCC2(CO)CCC2)cc1OC. The van der Waals surface area contributed by atoms with E-state index >= 15 is 0 Å². The molecule has 0 atom stereocenters. The van der Waals surface area contributed by atoms with Crippen LogP contribution < -0.4 is 14.8 Å². The maximum Gasteiger partial charge on any atom is 0.161 e. The van der Waals surface area contributed by atoms with Gasteiger partial charge in [-0.05, 0) is 30.5 Å². The molecule has 0 unspecified atom stereocenters. The number of rotatable bonds is 7. The van der Waals surface area contributed by atoms with Crippen molar-refractivity contribution in [2.75, 3.05) is 27.4 Å². The van der Waals surface area contributed by atoms with E-state index in [0.717, 1.165) is 43.0 Å². The summed E-state index contributed by atoms with van der Waals surface area (Å²) in [5.74, 6) is 1.50. The number of ether oxygens (including phenoxy) is 2. The van der Waals surface area contributed by atoms with Crippen molar-refractivity contribution in [2.45, 2.75) is 25.8 Å². The first kappa shape index (κ1) is 14.2. The zero-order valence-electron chi connectivity index (χ0n) is 11.7. The van der Waals surface area contributed by atoms with Gasteiger partial charge in [-0.2, -0.15) is 0 Å². The molecule has 1 saturated carbocycles. The second-order valence-electron chi connectivity index (χ2n) is 5.30. The van der Waals surface area contributed by atoms with Gasteiger partial charge in [0.15, 0.2) is 11.5 Å². The van der Waals surface area contributed by atoms with Crippen molar-refractivity contribution in [3.63, 3.8) is 0 Å². The smallest absolute Gasteiger partial charge is 0.161 e. The Morgan fingerprint density at radius 2 is 1.95 bits per heavy atom. The number of nitrogens with one attached hydrogen (secondary N) is 1. The molecular formula is C15H23NO3. The van der Waals surface area contributed by atoms with Gasteiger partial charge < -0.3 is 19.9 Å². The lowest BCUT2D eigenvalue weighted by Gasteiger charge is -2.40. The molecule has 4 heteroatoms. The highest BCUT2D eigenvalue weighted by molar-refractivity contribution is 5.42. The molecule has 1 aromatic carbocycles. The third kappa shape index (κ3) is 3.19.